The Hall–Kier alpha value is -1.98. The molecule has 0 aliphatic carbocycles. The number of nitrogens with zero attached hydrogens (tertiary/aromatic N) is 2. The van der Waals surface area contributed by atoms with E-state index in [1.54, 1.807) is 11.3 Å². The smallest absolute Gasteiger partial charge is 0.139 e. The van der Waals surface area contributed by atoms with Crippen LogP contribution in [0, 0.1) is 6.92 Å². The number of hydrogen-bond donors (Lipinski definition) is 2. The molecule has 0 saturated heterocycles. The van der Waals surface area contributed by atoms with Crippen LogP contribution in [0.1, 0.15) is 37.6 Å². The molecule has 0 atom stereocenters. The van der Waals surface area contributed by atoms with E-state index in [2.05, 4.69) is 58.8 Å². The molecule has 0 spiro atoms. The molecule has 0 bridgehead atoms. The minimum absolute atomic E-state index is 0.540. The molecule has 0 saturated carbocycles. The lowest BCUT2D eigenvalue weighted by atomic mass is 9.99. The fourth-order valence-corrected chi connectivity index (χ4v) is 3.74. The van der Waals surface area contributed by atoms with Crippen molar-refractivity contribution >= 4 is 27.4 Å². The van der Waals surface area contributed by atoms with Crippen LogP contribution >= 0.6 is 11.3 Å². The van der Waals surface area contributed by atoms with Crippen LogP contribution in [0.15, 0.2) is 29.6 Å². The summed E-state index contributed by atoms with van der Waals surface area (Å²) in [5.74, 6) is 2.24. The van der Waals surface area contributed by atoms with E-state index in [1.165, 1.54) is 16.7 Å². The van der Waals surface area contributed by atoms with Crippen molar-refractivity contribution in [2.24, 2.45) is 5.73 Å². The van der Waals surface area contributed by atoms with Gasteiger partial charge in [0.15, 0.2) is 0 Å². The van der Waals surface area contributed by atoms with E-state index in [9.17, 15) is 0 Å². The highest BCUT2D eigenvalue weighted by molar-refractivity contribution is 7.17. The molecule has 0 fully saturated rings. The number of anilines is 1. The number of nitrogens with one attached hydrogen (secondary N) is 1. The summed E-state index contributed by atoms with van der Waals surface area (Å²) in [6.07, 6.45) is 0.924. The summed E-state index contributed by atoms with van der Waals surface area (Å²) in [5.41, 5.74) is 9.36. The molecule has 24 heavy (non-hydrogen) atoms. The van der Waals surface area contributed by atoms with E-state index >= 15 is 0 Å². The van der Waals surface area contributed by atoms with Crippen molar-refractivity contribution in [3.8, 4) is 11.1 Å². The molecule has 0 aliphatic heterocycles. The summed E-state index contributed by atoms with van der Waals surface area (Å²) in [5, 5.41) is 6.72. The second-order valence-corrected chi connectivity index (χ2v) is 7.15. The first-order chi connectivity index (χ1) is 11.6. The van der Waals surface area contributed by atoms with E-state index in [4.69, 9.17) is 5.73 Å². The van der Waals surface area contributed by atoms with Crippen LogP contribution in [0.25, 0.3) is 21.3 Å². The zero-order chi connectivity index (χ0) is 17.1. The van der Waals surface area contributed by atoms with Crippen molar-refractivity contribution in [2.45, 2.75) is 33.1 Å². The Morgan fingerprint density at radius 3 is 2.58 bits per heavy atom. The maximum absolute atomic E-state index is 5.60. The Bertz CT molecular complexity index is 821. The van der Waals surface area contributed by atoms with Crippen LogP contribution in [0.5, 0.6) is 0 Å². The summed E-state index contributed by atoms with van der Waals surface area (Å²) < 4.78 is 0. The topological polar surface area (TPSA) is 63.8 Å². The maximum atomic E-state index is 5.60. The third kappa shape index (κ3) is 3.42. The monoisotopic (exact) mass is 340 g/mol. The van der Waals surface area contributed by atoms with Gasteiger partial charge in [-0.1, -0.05) is 38.1 Å². The highest BCUT2D eigenvalue weighted by atomic mass is 32.1. The average Bonchev–Trinajstić information content (AvgIpc) is 2.99. The van der Waals surface area contributed by atoms with Gasteiger partial charge in [0.1, 0.15) is 16.5 Å². The molecule has 1 aromatic carbocycles. The Balaban J connectivity index is 2.04. The Morgan fingerprint density at radius 1 is 1.17 bits per heavy atom. The number of rotatable bonds is 6. The standard InChI is InChI=1S/C19H24N4S/c1-12(2)14-5-7-15(8-6-14)16-11-24-19-17(16)18(21-10-4-9-20)22-13(3)23-19/h5-8,11-12H,4,9-10,20H2,1-3H3,(H,21,22,23). The van der Waals surface area contributed by atoms with Gasteiger partial charge in [0.25, 0.3) is 0 Å². The molecule has 0 amide bonds. The molecule has 2 heterocycles. The average molecular weight is 340 g/mol. The molecule has 5 heteroatoms. The van der Waals surface area contributed by atoms with E-state index in [-0.39, 0.29) is 0 Å². The second-order valence-electron chi connectivity index (χ2n) is 6.29. The van der Waals surface area contributed by atoms with Crippen molar-refractivity contribution in [3.63, 3.8) is 0 Å². The number of hydrogen-bond acceptors (Lipinski definition) is 5. The van der Waals surface area contributed by atoms with Gasteiger partial charge in [0, 0.05) is 17.5 Å². The number of aromatic nitrogens is 2. The SMILES string of the molecule is Cc1nc(NCCCN)c2c(-c3ccc(C(C)C)cc3)csc2n1. The summed E-state index contributed by atoms with van der Waals surface area (Å²) >= 11 is 1.67. The molecule has 3 N–H and O–H groups in total. The van der Waals surface area contributed by atoms with Crippen molar-refractivity contribution < 1.29 is 0 Å². The van der Waals surface area contributed by atoms with E-state index in [1.807, 2.05) is 6.92 Å². The van der Waals surface area contributed by atoms with Gasteiger partial charge >= 0.3 is 0 Å². The third-order valence-electron chi connectivity index (χ3n) is 4.11. The lowest BCUT2D eigenvalue weighted by molar-refractivity contribution is 0.867. The zero-order valence-corrected chi connectivity index (χ0v) is 15.3. The van der Waals surface area contributed by atoms with Gasteiger partial charge in [-0.05, 0) is 36.9 Å². The number of aryl methyl sites for hydroxylation is 1. The highest BCUT2D eigenvalue weighted by Gasteiger charge is 2.14. The van der Waals surface area contributed by atoms with Crippen LogP contribution in [0.3, 0.4) is 0 Å². The van der Waals surface area contributed by atoms with Gasteiger partial charge in [-0.15, -0.1) is 11.3 Å². The first kappa shape index (κ1) is 16.9. The molecule has 0 unspecified atom stereocenters. The fourth-order valence-electron chi connectivity index (χ4n) is 2.75. The molecule has 126 valence electrons. The summed E-state index contributed by atoms with van der Waals surface area (Å²) in [6, 6.07) is 8.81. The quantitative estimate of drug-likeness (QED) is 0.646. The zero-order valence-electron chi connectivity index (χ0n) is 14.5. The molecule has 0 radical (unpaired) electrons. The molecule has 0 aliphatic rings. The molecule has 2 aromatic heterocycles. The van der Waals surface area contributed by atoms with Crippen molar-refractivity contribution in [1.29, 1.82) is 0 Å². The Morgan fingerprint density at radius 2 is 1.92 bits per heavy atom. The third-order valence-corrected chi connectivity index (χ3v) is 4.98. The summed E-state index contributed by atoms with van der Waals surface area (Å²) in [7, 11) is 0. The number of nitrogens with two attached hydrogens (primary N) is 1. The van der Waals surface area contributed by atoms with E-state index < -0.39 is 0 Å². The van der Waals surface area contributed by atoms with E-state index in [0.717, 1.165) is 34.8 Å². The molecule has 3 aromatic rings. The van der Waals surface area contributed by atoms with Crippen LogP contribution in [0.2, 0.25) is 0 Å². The van der Waals surface area contributed by atoms with Crippen LogP contribution in [-0.2, 0) is 0 Å². The number of benzene rings is 1. The molecule has 4 nitrogen and oxygen atoms in total. The number of fused-ring (bicyclic) bond motifs is 1. The summed E-state index contributed by atoms with van der Waals surface area (Å²) in [4.78, 5) is 10.2. The Labute approximate surface area is 147 Å². The number of thiophene rings is 1. The van der Waals surface area contributed by atoms with Crippen LogP contribution in [0.4, 0.5) is 5.82 Å². The van der Waals surface area contributed by atoms with Gasteiger partial charge in [-0.3, -0.25) is 0 Å². The van der Waals surface area contributed by atoms with E-state index in [0.29, 0.717) is 12.5 Å². The predicted octanol–water partition coefficient (Wildman–Crippen LogP) is 4.55. The van der Waals surface area contributed by atoms with Gasteiger partial charge < -0.3 is 11.1 Å². The van der Waals surface area contributed by atoms with Gasteiger partial charge in [-0.2, -0.15) is 0 Å². The first-order valence-corrected chi connectivity index (χ1v) is 9.28. The van der Waals surface area contributed by atoms with Crippen LogP contribution < -0.4 is 11.1 Å². The molecular formula is C19H24N4S. The molecular weight excluding hydrogens is 316 g/mol. The van der Waals surface area contributed by atoms with Gasteiger partial charge in [0.05, 0.1) is 5.39 Å². The Kier molecular flexibility index (Phi) is 5.11. The maximum Gasteiger partial charge on any atom is 0.139 e. The lowest BCUT2D eigenvalue weighted by Gasteiger charge is -2.10. The highest BCUT2D eigenvalue weighted by Crippen LogP contribution is 2.37. The van der Waals surface area contributed by atoms with Gasteiger partial charge in [-0.25, -0.2) is 9.97 Å². The normalized spacial score (nSPS) is 11.4. The lowest BCUT2D eigenvalue weighted by Crippen LogP contribution is -2.10. The van der Waals surface area contributed by atoms with Crippen molar-refractivity contribution in [3.05, 3.63) is 41.0 Å². The minimum atomic E-state index is 0.540. The first-order valence-electron chi connectivity index (χ1n) is 8.40. The second kappa shape index (κ2) is 7.28. The van der Waals surface area contributed by atoms with Gasteiger partial charge in [0.2, 0.25) is 0 Å². The fraction of sp³-hybridized carbons (Fsp3) is 0.368. The van der Waals surface area contributed by atoms with Crippen molar-refractivity contribution in [2.75, 3.05) is 18.4 Å². The minimum Gasteiger partial charge on any atom is -0.369 e. The summed E-state index contributed by atoms with van der Waals surface area (Å²) in [6.45, 7) is 7.86. The predicted molar refractivity (Wildman–Crippen MR) is 104 cm³/mol. The van der Waals surface area contributed by atoms with Crippen LogP contribution in [-0.4, -0.2) is 23.1 Å². The van der Waals surface area contributed by atoms with Crippen molar-refractivity contribution in [1.82, 2.24) is 9.97 Å². The molecule has 3 rings (SSSR count). The largest absolute Gasteiger partial charge is 0.369 e.